The SMILES string of the molecule is O=C(C1CCCCO1)N1CCC2NNC(c3ccc(-c4ccccc4)cc3)C2C1. The van der Waals surface area contributed by atoms with Crippen LogP contribution in [0.15, 0.2) is 54.6 Å². The Labute approximate surface area is 172 Å². The molecule has 0 aromatic heterocycles. The van der Waals surface area contributed by atoms with Crippen molar-refractivity contribution in [3.05, 3.63) is 60.2 Å². The first kappa shape index (κ1) is 18.8. The van der Waals surface area contributed by atoms with E-state index in [0.29, 0.717) is 12.0 Å². The predicted octanol–water partition coefficient (Wildman–Crippen LogP) is 3.29. The fourth-order valence-corrected chi connectivity index (χ4v) is 4.99. The molecule has 4 unspecified atom stereocenters. The number of hydrogen-bond acceptors (Lipinski definition) is 4. The monoisotopic (exact) mass is 391 g/mol. The molecule has 3 fully saturated rings. The third-order valence-electron chi connectivity index (χ3n) is 6.65. The summed E-state index contributed by atoms with van der Waals surface area (Å²) < 4.78 is 5.75. The van der Waals surface area contributed by atoms with Crippen LogP contribution in [0.4, 0.5) is 0 Å². The molecule has 5 nitrogen and oxygen atoms in total. The van der Waals surface area contributed by atoms with Gasteiger partial charge in [0.1, 0.15) is 6.10 Å². The van der Waals surface area contributed by atoms with Crippen molar-refractivity contribution in [3.63, 3.8) is 0 Å². The second kappa shape index (κ2) is 8.27. The lowest BCUT2D eigenvalue weighted by Gasteiger charge is -2.38. The minimum absolute atomic E-state index is 0.188. The van der Waals surface area contributed by atoms with Crippen molar-refractivity contribution < 1.29 is 9.53 Å². The summed E-state index contributed by atoms with van der Waals surface area (Å²) in [5.74, 6) is 0.562. The van der Waals surface area contributed by atoms with Crippen LogP contribution in [-0.4, -0.2) is 42.6 Å². The third-order valence-corrected chi connectivity index (χ3v) is 6.65. The number of rotatable bonds is 3. The van der Waals surface area contributed by atoms with E-state index in [1.165, 1.54) is 16.7 Å². The van der Waals surface area contributed by atoms with Gasteiger partial charge in [-0.3, -0.25) is 10.2 Å². The molecule has 2 N–H and O–H groups in total. The van der Waals surface area contributed by atoms with Gasteiger partial charge in [0.25, 0.3) is 5.91 Å². The van der Waals surface area contributed by atoms with E-state index < -0.39 is 0 Å². The Morgan fingerprint density at radius 1 is 0.931 bits per heavy atom. The zero-order chi connectivity index (χ0) is 19.6. The number of piperidine rings is 1. The Kier molecular flexibility index (Phi) is 5.36. The number of amides is 1. The lowest BCUT2D eigenvalue weighted by atomic mass is 9.84. The normalized spacial score (nSPS) is 29.4. The van der Waals surface area contributed by atoms with Gasteiger partial charge < -0.3 is 9.64 Å². The largest absolute Gasteiger partial charge is 0.368 e. The zero-order valence-electron chi connectivity index (χ0n) is 16.7. The van der Waals surface area contributed by atoms with Crippen molar-refractivity contribution in [2.24, 2.45) is 5.92 Å². The number of benzene rings is 2. The van der Waals surface area contributed by atoms with Crippen molar-refractivity contribution in [3.8, 4) is 11.1 Å². The van der Waals surface area contributed by atoms with Crippen LogP contribution in [0, 0.1) is 5.92 Å². The number of nitrogens with one attached hydrogen (secondary N) is 2. The summed E-state index contributed by atoms with van der Waals surface area (Å²) in [7, 11) is 0. The van der Waals surface area contributed by atoms with E-state index in [4.69, 9.17) is 4.74 Å². The molecule has 3 aliphatic rings. The maximum absolute atomic E-state index is 12.9. The average Bonchev–Trinajstić information content (AvgIpc) is 3.23. The number of hydrazine groups is 1. The van der Waals surface area contributed by atoms with Crippen LogP contribution in [0.2, 0.25) is 0 Å². The fraction of sp³-hybridized carbons (Fsp3) is 0.458. The Bertz CT molecular complexity index is 833. The molecule has 4 atom stereocenters. The maximum atomic E-state index is 12.9. The molecule has 152 valence electrons. The van der Waals surface area contributed by atoms with Gasteiger partial charge in [-0.15, -0.1) is 0 Å². The first-order valence-electron chi connectivity index (χ1n) is 10.9. The smallest absolute Gasteiger partial charge is 0.251 e. The zero-order valence-corrected chi connectivity index (χ0v) is 16.7. The number of carbonyl (C=O) groups is 1. The van der Waals surface area contributed by atoms with Crippen molar-refractivity contribution in [2.75, 3.05) is 19.7 Å². The van der Waals surface area contributed by atoms with Crippen molar-refractivity contribution >= 4 is 5.91 Å². The Morgan fingerprint density at radius 2 is 1.72 bits per heavy atom. The van der Waals surface area contributed by atoms with Gasteiger partial charge in [-0.25, -0.2) is 5.43 Å². The first-order valence-corrected chi connectivity index (χ1v) is 10.9. The van der Waals surface area contributed by atoms with Gasteiger partial charge in [-0.05, 0) is 42.4 Å². The fourth-order valence-electron chi connectivity index (χ4n) is 4.99. The molecule has 3 saturated heterocycles. The Hall–Kier alpha value is -2.21. The quantitative estimate of drug-likeness (QED) is 0.843. The van der Waals surface area contributed by atoms with Crippen molar-refractivity contribution in [1.29, 1.82) is 0 Å². The molecule has 2 aromatic rings. The van der Waals surface area contributed by atoms with Crippen molar-refractivity contribution in [2.45, 2.75) is 43.9 Å². The topological polar surface area (TPSA) is 53.6 Å². The van der Waals surface area contributed by atoms with Crippen LogP contribution in [0.1, 0.15) is 37.3 Å². The van der Waals surface area contributed by atoms with E-state index in [1.54, 1.807) is 0 Å². The highest BCUT2D eigenvalue weighted by Gasteiger charge is 2.42. The van der Waals surface area contributed by atoms with Gasteiger partial charge >= 0.3 is 0 Å². The van der Waals surface area contributed by atoms with E-state index in [2.05, 4.69) is 59.4 Å². The summed E-state index contributed by atoms with van der Waals surface area (Å²) in [6.07, 6.45) is 3.78. The summed E-state index contributed by atoms with van der Waals surface area (Å²) in [4.78, 5) is 15.0. The van der Waals surface area contributed by atoms with E-state index in [0.717, 1.165) is 45.4 Å². The molecule has 3 aliphatic heterocycles. The molecule has 5 heteroatoms. The van der Waals surface area contributed by atoms with Gasteiger partial charge in [0.05, 0.1) is 6.04 Å². The number of ether oxygens (including phenoxy) is 1. The number of nitrogens with zero attached hydrogens (tertiary/aromatic N) is 1. The summed E-state index contributed by atoms with van der Waals surface area (Å²) in [5, 5.41) is 0. The van der Waals surface area contributed by atoms with Gasteiger partial charge in [0, 0.05) is 31.7 Å². The standard InChI is InChI=1S/C24H29N3O2/c28-24(22-8-4-5-15-29-22)27-14-13-21-20(16-27)23(26-25-21)19-11-9-18(10-12-19)17-6-2-1-3-7-17/h1-3,6-7,9-12,20-23,25-26H,4-5,8,13-16H2. The highest BCUT2D eigenvalue weighted by Crippen LogP contribution is 2.35. The van der Waals surface area contributed by atoms with Crippen LogP contribution in [0.5, 0.6) is 0 Å². The highest BCUT2D eigenvalue weighted by atomic mass is 16.5. The molecule has 3 heterocycles. The molecular weight excluding hydrogens is 362 g/mol. The van der Waals surface area contributed by atoms with Crippen LogP contribution in [0.3, 0.4) is 0 Å². The van der Waals surface area contributed by atoms with E-state index in [1.807, 2.05) is 11.0 Å². The summed E-state index contributed by atoms with van der Waals surface area (Å²) >= 11 is 0. The third kappa shape index (κ3) is 3.82. The van der Waals surface area contributed by atoms with Crippen LogP contribution in [0.25, 0.3) is 11.1 Å². The molecule has 1 amide bonds. The van der Waals surface area contributed by atoms with Crippen LogP contribution >= 0.6 is 0 Å². The maximum Gasteiger partial charge on any atom is 0.251 e. The van der Waals surface area contributed by atoms with Gasteiger partial charge in [-0.1, -0.05) is 54.6 Å². The van der Waals surface area contributed by atoms with E-state index in [-0.39, 0.29) is 18.1 Å². The molecule has 0 saturated carbocycles. The summed E-state index contributed by atoms with van der Waals surface area (Å²) in [6.45, 7) is 2.32. The lowest BCUT2D eigenvalue weighted by molar-refractivity contribution is -0.148. The lowest BCUT2D eigenvalue weighted by Crippen LogP contribution is -2.51. The average molecular weight is 392 g/mol. The van der Waals surface area contributed by atoms with Gasteiger partial charge in [0.2, 0.25) is 0 Å². The first-order chi connectivity index (χ1) is 14.3. The van der Waals surface area contributed by atoms with E-state index in [9.17, 15) is 4.79 Å². The highest BCUT2D eigenvalue weighted by molar-refractivity contribution is 5.81. The summed E-state index contributed by atoms with van der Waals surface area (Å²) in [5.41, 5.74) is 10.7. The molecule has 0 aliphatic carbocycles. The van der Waals surface area contributed by atoms with Crippen LogP contribution < -0.4 is 10.9 Å². The van der Waals surface area contributed by atoms with Gasteiger partial charge in [-0.2, -0.15) is 0 Å². The molecular formula is C24H29N3O2. The van der Waals surface area contributed by atoms with Crippen LogP contribution in [-0.2, 0) is 9.53 Å². The Morgan fingerprint density at radius 3 is 2.48 bits per heavy atom. The van der Waals surface area contributed by atoms with Crippen molar-refractivity contribution in [1.82, 2.24) is 15.8 Å². The predicted molar refractivity (Wildman–Crippen MR) is 113 cm³/mol. The summed E-state index contributed by atoms with van der Waals surface area (Å²) in [6, 6.07) is 19.9. The number of hydrogen-bond donors (Lipinski definition) is 2. The number of carbonyl (C=O) groups excluding carboxylic acids is 1. The minimum Gasteiger partial charge on any atom is -0.368 e. The molecule has 5 rings (SSSR count). The second-order valence-electron chi connectivity index (χ2n) is 8.45. The molecule has 0 spiro atoms. The molecule has 0 bridgehead atoms. The minimum atomic E-state index is -0.230. The molecule has 29 heavy (non-hydrogen) atoms. The Balaban J connectivity index is 1.29. The number of fused-ring (bicyclic) bond motifs is 1. The van der Waals surface area contributed by atoms with E-state index >= 15 is 0 Å². The molecule has 0 radical (unpaired) electrons. The molecule has 2 aromatic carbocycles. The van der Waals surface area contributed by atoms with Gasteiger partial charge in [0.15, 0.2) is 0 Å². The second-order valence-corrected chi connectivity index (χ2v) is 8.45. The number of likely N-dealkylation sites (tertiary alicyclic amines) is 1.